The zero-order valence-corrected chi connectivity index (χ0v) is 11.8. The maximum atomic E-state index is 13.0. The monoisotopic (exact) mass is 302 g/mol. The normalized spacial score (nSPS) is 27.9. The number of anilines is 1. The average Bonchev–Trinajstić information content (AvgIpc) is 2.76. The zero-order chi connectivity index (χ0) is 15.4. The predicted molar refractivity (Wildman–Crippen MR) is 69.8 cm³/mol. The zero-order valence-electron chi connectivity index (χ0n) is 11.8. The Hall–Kier alpha value is -1.73. The molecule has 0 bridgehead atoms. The van der Waals surface area contributed by atoms with Crippen LogP contribution in [-0.4, -0.2) is 40.0 Å². The summed E-state index contributed by atoms with van der Waals surface area (Å²) >= 11 is 0. The van der Waals surface area contributed by atoms with E-state index in [1.807, 2.05) is 13.8 Å². The largest absolute Gasteiger partial charge is 0.396 e. The van der Waals surface area contributed by atoms with Gasteiger partial charge in [-0.25, -0.2) is 9.48 Å². The van der Waals surface area contributed by atoms with E-state index >= 15 is 0 Å². The summed E-state index contributed by atoms with van der Waals surface area (Å²) in [5.41, 5.74) is -1.66. The number of hydrogen-bond acceptors (Lipinski definition) is 2. The van der Waals surface area contributed by atoms with Gasteiger partial charge in [0, 0.05) is 25.2 Å². The third-order valence-corrected chi connectivity index (χ3v) is 4.39. The molecule has 2 atom stereocenters. The van der Waals surface area contributed by atoms with Crippen LogP contribution in [0.5, 0.6) is 0 Å². The lowest BCUT2D eigenvalue weighted by atomic mass is 10.1. The molecule has 2 amide bonds. The Morgan fingerprint density at radius 1 is 1.52 bits per heavy atom. The fourth-order valence-corrected chi connectivity index (χ4v) is 3.09. The van der Waals surface area contributed by atoms with Crippen LogP contribution in [-0.2, 0) is 0 Å². The van der Waals surface area contributed by atoms with E-state index in [-0.39, 0.29) is 25.6 Å². The molecule has 0 aromatic carbocycles. The molecule has 0 radical (unpaired) electrons. The highest BCUT2D eigenvalue weighted by atomic mass is 19.4. The van der Waals surface area contributed by atoms with Crippen molar-refractivity contribution < 1.29 is 18.0 Å². The smallest absolute Gasteiger partial charge is 0.323 e. The minimum absolute atomic E-state index is 0.0591. The number of hydrogen-bond donors (Lipinski definition) is 1. The van der Waals surface area contributed by atoms with Gasteiger partial charge in [-0.15, -0.1) is 0 Å². The number of piperidine rings is 1. The topological polar surface area (TPSA) is 50.2 Å². The van der Waals surface area contributed by atoms with Crippen molar-refractivity contribution in [3.8, 4) is 0 Å². The van der Waals surface area contributed by atoms with Crippen molar-refractivity contribution in [3.05, 3.63) is 12.3 Å². The fourth-order valence-electron chi connectivity index (χ4n) is 3.09. The van der Waals surface area contributed by atoms with Crippen molar-refractivity contribution in [1.29, 1.82) is 0 Å². The number of amides is 2. The van der Waals surface area contributed by atoms with Crippen molar-refractivity contribution in [1.82, 2.24) is 14.7 Å². The number of urea groups is 1. The molecule has 2 aliphatic rings. The lowest BCUT2D eigenvalue weighted by Gasteiger charge is -2.23. The Balaban J connectivity index is 1.67. The van der Waals surface area contributed by atoms with Crippen LogP contribution in [0.4, 0.5) is 23.8 Å². The molecular formula is C13H17F3N4O. The van der Waals surface area contributed by atoms with Gasteiger partial charge in [0.15, 0.2) is 0 Å². The lowest BCUT2D eigenvalue weighted by molar-refractivity contribution is -0.187. The molecule has 3 rings (SSSR count). The van der Waals surface area contributed by atoms with Gasteiger partial charge in [-0.1, -0.05) is 0 Å². The number of carbonyl (C=O) groups is 1. The molecule has 1 N–H and O–H groups in total. The summed E-state index contributed by atoms with van der Waals surface area (Å²) in [6, 6.07) is 1.20. The highest BCUT2D eigenvalue weighted by Crippen LogP contribution is 2.66. The summed E-state index contributed by atoms with van der Waals surface area (Å²) in [4.78, 5) is 13.4. The van der Waals surface area contributed by atoms with Crippen molar-refractivity contribution in [3.63, 3.8) is 0 Å². The molecule has 1 aromatic heterocycles. The first-order chi connectivity index (χ1) is 9.74. The van der Waals surface area contributed by atoms with Crippen LogP contribution in [0, 0.1) is 11.3 Å². The Kier molecular flexibility index (Phi) is 2.97. The Labute approximate surface area is 120 Å². The van der Waals surface area contributed by atoms with Gasteiger partial charge in [-0.2, -0.15) is 18.3 Å². The summed E-state index contributed by atoms with van der Waals surface area (Å²) in [6.07, 6.45) is -2.54. The van der Waals surface area contributed by atoms with E-state index in [2.05, 4.69) is 10.4 Å². The van der Waals surface area contributed by atoms with Crippen LogP contribution in [0.15, 0.2) is 12.3 Å². The molecule has 8 heteroatoms. The molecule has 2 unspecified atom stereocenters. The van der Waals surface area contributed by atoms with Gasteiger partial charge in [-0.05, 0) is 26.2 Å². The van der Waals surface area contributed by atoms with Crippen LogP contribution in [0.3, 0.4) is 0 Å². The van der Waals surface area contributed by atoms with Crippen LogP contribution in [0.2, 0.25) is 0 Å². The number of likely N-dealkylation sites (tertiary alicyclic amines) is 1. The number of aromatic nitrogens is 2. The number of rotatable bonds is 2. The van der Waals surface area contributed by atoms with Crippen molar-refractivity contribution in [2.45, 2.75) is 32.5 Å². The number of fused-ring (bicyclic) bond motifs is 1. The summed E-state index contributed by atoms with van der Waals surface area (Å²) in [5.74, 6) is 0.0508. The first-order valence-electron chi connectivity index (χ1n) is 6.91. The molecule has 1 aliphatic heterocycles. The highest BCUT2D eigenvalue weighted by Gasteiger charge is 2.74. The number of halogens is 3. The third kappa shape index (κ3) is 2.16. The van der Waals surface area contributed by atoms with E-state index in [0.717, 1.165) is 0 Å². The van der Waals surface area contributed by atoms with Crippen LogP contribution in [0.25, 0.3) is 0 Å². The first kappa shape index (κ1) is 14.2. The SMILES string of the molecule is CC(C)n1nccc1NC(=O)N1CC2CC2(C(F)(F)F)C1. The molecule has 1 saturated heterocycles. The highest BCUT2D eigenvalue weighted by molar-refractivity contribution is 5.88. The lowest BCUT2D eigenvalue weighted by Crippen LogP contribution is -2.39. The second-order valence-corrected chi connectivity index (χ2v) is 6.12. The Morgan fingerprint density at radius 3 is 2.81 bits per heavy atom. The standard InChI is InChI=1S/C13H17F3N4O/c1-8(2)20-10(3-4-17-20)18-11(21)19-6-9-5-12(9,7-19)13(14,15)16/h3-4,8-9H,5-7H2,1-2H3,(H,18,21). The summed E-state index contributed by atoms with van der Waals surface area (Å²) in [6.45, 7) is 3.74. The quantitative estimate of drug-likeness (QED) is 0.913. The number of carbonyl (C=O) groups excluding carboxylic acids is 1. The molecule has 2 fully saturated rings. The van der Waals surface area contributed by atoms with Gasteiger partial charge in [0.1, 0.15) is 5.82 Å². The molecule has 2 heterocycles. The predicted octanol–water partition coefficient (Wildman–Crippen LogP) is 2.88. The molecule has 1 saturated carbocycles. The molecule has 21 heavy (non-hydrogen) atoms. The maximum absolute atomic E-state index is 13.0. The van der Waals surface area contributed by atoms with Gasteiger partial charge in [-0.3, -0.25) is 5.32 Å². The maximum Gasteiger partial charge on any atom is 0.396 e. The Morgan fingerprint density at radius 2 is 2.24 bits per heavy atom. The van der Waals surface area contributed by atoms with Gasteiger partial charge in [0.2, 0.25) is 0 Å². The molecule has 116 valence electrons. The molecule has 5 nitrogen and oxygen atoms in total. The van der Waals surface area contributed by atoms with E-state index in [1.165, 1.54) is 4.90 Å². The number of alkyl halides is 3. The molecule has 0 spiro atoms. The fraction of sp³-hybridized carbons (Fsp3) is 0.692. The van der Waals surface area contributed by atoms with Crippen LogP contribution < -0.4 is 5.32 Å². The van der Waals surface area contributed by atoms with Gasteiger partial charge in [0.25, 0.3) is 0 Å². The summed E-state index contributed by atoms with van der Waals surface area (Å²) in [5, 5.41) is 6.72. The van der Waals surface area contributed by atoms with Gasteiger partial charge in [0.05, 0.1) is 11.6 Å². The van der Waals surface area contributed by atoms with E-state index in [1.54, 1.807) is 16.9 Å². The minimum Gasteiger partial charge on any atom is -0.323 e. The van der Waals surface area contributed by atoms with E-state index in [9.17, 15) is 18.0 Å². The minimum atomic E-state index is -4.23. The van der Waals surface area contributed by atoms with Crippen LogP contribution >= 0.6 is 0 Å². The van der Waals surface area contributed by atoms with E-state index < -0.39 is 23.5 Å². The molecular weight excluding hydrogens is 285 g/mol. The van der Waals surface area contributed by atoms with Crippen molar-refractivity contribution in [2.75, 3.05) is 18.4 Å². The van der Waals surface area contributed by atoms with Gasteiger partial charge < -0.3 is 4.90 Å². The second kappa shape index (κ2) is 4.38. The molecule has 1 aliphatic carbocycles. The summed E-state index contributed by atoms with van der Waals surface area (Å²) in [7, 11) is 0. The van der Waals surface area contributed by atoms with E-state index in [4.69, 9.17) is 0 Å². The van der Waals surface area contributed by atoms with Crippen LogP contribution in [0.1, 0.15) is 26.3 Å². The summed E-state index contributed by atoms with van der Waals surface area (Å²) < 4.78 is 40.6. The average molecular weight is 302 g/mol. The number of nitrogens with one attached hydrogen (secondary N) is 1. The first-order valence-corrected chi connectivity index (χ1v) is 6.91. The molecule has 1 aromatic rings. The van der Waals surface area contributed by atoms with Crippen molar-refractivity contribution in [2.24, 2.45) is 11.3 Å². The third-order valence-electron chi connectivity index (χ3n) is 4.39. The number of nitrogens with zero attached hydrogens (tertiary/aromatic N) is 3. The van der Waals surface area contributed by atoms with Crippen molar-refractivity contribution >= 4 is 11.8 Å². The van der Waals surface area contributed by atoms with Gasteiger partial charge >= 0.3 is 12.2 Å². The van der Waals surface area contributed by atoms with E-state index in [0.29, 0.717) is 5.82 Å². The Bertz CT molecular complexity index is 568. The second-order valence-electron chi connectivity index (χ2n) is 6.12.